The lowest BCUT2D eigenvalue weighted by atomic mass is 9.68. The van der Waals surface area contributed by atoms with E-state index in [1.165, 1.54) is 25.9 Å². The zero-order valence-corrected chi connectivity index (χ0v) is 11.1. The molecule has 0 aromatic heterocycles. The Labute approximate surface area is 95.2 Å². The molecule has 0 aromatic carbocycles. The Balaban J connectivity index is 1.97. The average Bonchev–Trinajstić information content (AvgIpc) is 2.87. The highest BCUT2D eigenvalue weighted by atomic mass is 15.1. The summed E-state index contributed by atoms with van der Waals surface area (Å²) in [6.07, 6.45) is 3.00. The van der Waals surface area contributed by atoms with Crippen molar-refractivity contribution in [2.24, 2.45) is 29.1 Å². The second-order valence-electron chi connectivity index (χ2n) is 6.41. The van der Waals surface area contributed by atoms with Crippen LogP contribution in [0.4, 0.5) is 0 Å². The summed E-state index contributed by atoms with van der Waals surface area (Å²) in [7, 11) is 2.26. The molecule has 0 bridgehead atoms. The molecule has 0 spiro atoms. The Morgan fingerprint density at radius 1 is 1.33 bits per heavy atom. The first-order chi connectivity index (χ1) is 6.99. The van der Waals surface area contributed by atoms with Crippen LogP contribution < -0.4 is 0 Å². The topological polar surface area (TPSA) is 3.24 Å². The fraction of sp³-hybridized carbons (Fsp3) is 1.00. The Kier molecular flexibility index (Phi) is 2.87. The Morgan fingerprint density at radius 2 is 2.00 bits per heavy atom. The van der Waals surface area contributed by atoms with E-state index in [9.17, 15) is 0 Å². The van der Waals surface area contributed by atoms with Crippen LogP contribution in [0.3, 0.4) is 0 Å². The molecule has 2 aliphatic rings. The lowest BCUT2D eigenvalue weighted by Gasteiger charge is -2.40. The van der Waals surface area contributed by atoms with Gasteiger partial charge in [0.25, 0.3) is 0 Å². The largest absolute Gasteiger partial charge is 0.306 e. The highest BCUT2D eigenvalue weighted by Gasteiger charge is 2.59. The van der Waals surface area contributed by atoms with Crippen LogP contribution in [0.15, 0.2) is 0 Å². The third-order valence-electron chi connectivity index (χ3n) is 5.70. The number of fused-ring (bicyclic) bond motifs is 1. The van der Waals surface area contributed by atoms with E-state index < -0.39 is 0 Å². The van der Waals surface area contributed by atoms with Crippen LogP contribution in [-0.2, 0) is 0 Å². The summed E-state index contributed by atoms with van der Waals surface area (Å²) in [4.78, 5) is 2.49. The second kappa shape index (κ2) is 3.76. The van der Waals surface area contributed by atoms with Gasteiger partial charge in [0.05, 0.1) is 0 Å². The van der Waals surface area contributed by atoms with Crippen molar-refractivity contribution in [2.45, 2.75) is 40.5 Å². The van der Waals surface area contributed by atoms with Gasteiger partial charge in [-0.3, -0.25) is 0 Å². The van der Waals surface area contributed by atoms with Gasteiger partial charge in [0, 0.05) is 6.54 Å². The van der Waals surface area contributed by atoms with E-state index in [1.807, 2.05) is 0 Å². The third kappa shape index (κ3) is 1.84. The highest BCUT2D eigenvalue weighted by molar-refractivity contribution is 5.08. The number of hydrogen-bond donors (Lipinski definition) is 0. The number of rotatable bonds is 3. The van der Waals surface area contributed by atoms with Crippen LogP contribution in [0.2, 0.25) is 0 Å². The van der Waals surface area contributed by atoms with Gasteiger partial charge in [0.15, 0.2) is 0 Å². The molecule has 1 nitrogen and oxygen atoms in total. The van der Waals surface area contributed by atoms with Gasteiger partial charge in [-0.05, 0) is 55.5 Å². The van der Waals surface area contributed by atoms with E-state index in [-0.39, 0.29) is 0 Å². The van der Waals surface area contributed by atoms with Crippen molar-refractivity contribution in [3.8, 4) is 0 Å². The van der Waals surface area contributed by atoms with Crippen molar-refractivity contribution in [2.75, 3.05) is 20.1 Å². The van der Waals surface area contributed by atoms with Gasteiger partial charge < -0.3 is 4.90 Å². The summed E-state index contributed by atoms with van der Waals surface area (Å²) in [5.41, 5.74) is 0.723. The van der Waals surface area contributed by atoms with Gasteiger partial charge in [-0.2, -0.15) is 0 Å². The van der Waals surface area contributed by atoms with Gasteiger partial charge in [0.1, 0.15) is 0 Å². The molecule has 88 valence electrons. The molecular weight excluding hydrogens is 182 g/mol. The zero-order valence-electron chi connectivity index (χ0n) is 11.1. The summed E-state index contributed by atoms with van der Waals surface area (Å²) < 4.78 is 0. The minimum atomic E-state index is 0.723. The van der Waals surface area contributed by atoms with E-state index in [1.54, 1.807) is 0 Å². The van der Waals surface area contributed by atoms with Crippen LogP contribution in [0.5, 0.6) is 0 Å². The van der Waals surface area contributed by atoms with Gasteiger partial charge in [0.2, 0.25) is 0 Å². The van der Waals surface area contributed by atoms with Crippen molar-refractivity contribution in [3.05, 3.63) is 0 Å². The summed E-state index contributed by atoms with van der Waals surface area (Å²) in [6, 6.07) is 0. The van der Waals surface area contributed by atoms with Gasteiger partial charge >= 0.3 is 0 Å². The fourth-order valence-electron chi connectivity index (χ4n) is 3.74. The van der Waals surface area contributed by atoms with Crippen molar-refractivity contribution in [1.82, 2.24) is 4.90 Å². The molecule has 0 heterocycles. The molecule has 1 heteroatoms. The first kappa shape index (κ1) is 11.4. The molecule has 0 aromatic rings. The standard InChI is InChI=1S/C14H27N/c1-6-15(5)9-12-7-13-8-14(13,4)11(3)10(12)2/h10-13H,6-9H2,1-5H3. The predicted molar refractivity (Wildman–Crippen MR) is 65.8 cm³/mol. The molecule has 0 aliphatic heterocycles. The van der Waals surface area contributed by atoms with Crippen LogP contribution in [0, 0.1) is 29.1 Å². The minimum absolute atomic E-state index is 0.723. The van der Waals surface area contributed by atoms with Crippen molar-refractivity contribution in [1.29, 1.82) is 0 Å². The summed E-state index contributed by atoms with van der Waals surface area (Å²) >= 11 is 0. The van der Waals surface area contributed by atoms with Crippen LogP contribution in [0.25, 0.3) is 0 Å². The van der Waals surface area contributed by atoms with E-state index in [0.29, 0.717) is 0 Å². The van der Waals surface area contributed by atoms with Crippen LogP contribution >= 0.6 is 0 Å². The van der Waals surface area contributed by atoms with Crippen molar-refractivity contribution >= 4 is 0 Å². The predicted octanol–water partition coefficient (Wildman–Crippen LogP) is 3.26. The molecule has 0 radical (unpaired) electrons. The van der Waals surface area contributed by atoms with Gasteiger partial charge in [-0.1, -0.05) is 27.7 Å². The summed E-state index contributed by atoms with van der Waals surface area (Å²) in [6.45, 7) is 12.3. The summed E-state index contributed by atoms with van der Waals surface area (Å²) in [5.74, 6) is 3.86. The molecule has 2 fully saturated rings. The smallest absolute Gasteiger partial charge is 0.000925 e. The maximum absolute atomic E-state index is 2.51. The Morgan fingerprint density at radius 3 is 2.60 bits per heavy atom. The number of hydrogen-bond acceptors (Lipinski definition) is 1. The van der Waals surface area contributed by atoms with Crippen LogP contribution in [0.1, 0.15) is 40.5 Å². The molecule has 2 rings (SSSR count). The van der Waals surface area contributed by atoms with Crippen molar-refractivity contribution in [3.63, 3.8) is 0 Å². The number of nitrogens with zero attached hydrogens (tertiary/aromatic N) is 1. The normalized spacial score (nSPS) is 49.2. The third-order valence-corrected chi connectivity index (χ3v) is 5.70. The Bertz CT molecular complexity index is 235. The molecule has 5 atom stereocenters. The lowest BCUT2D eigenvalue weighted by molar-refractivity contribution is 0.0903. The summed E-state index contributed by atoms with van der Waals surface area (Å²) in [5, 5.41) is 0. The molecule has 5 unspecified atom stereocenters. The quantitative estimate of drug-likeness (QED) is 0.689. The monoisotopic (exact) mass is 209 g/mol. The Hall–Kier alpha value is -0.0400. The average molecular weight is 209 g/mol. The van der Waals surface area contributed by atoms with E-state index in [2.05, 4.69) is 39.6 Å². The fourth-order valence-corrected chi connectivity index (χ4v) is 3.74. The zero-order chi connectivity index (χ0) is 11.2. The first-order valence-electron chi connectivity index (χ1n) is 6.67. The molecule has 0 N–H and O–H groups in total. The maximum atomic E-state index is 2.51. The first-order valence-corrected chi connectivity index (χ1v) is 6.67. The van der Waals surface area contributed by atoms with Crippen LogP contribution in [-0.4, -0.2) is 25.0 Å². The van der Waals surface area contributed by atoms with E-state index in [0.717, 1.165) is 29.1 Å². The highest BCUT2D eigenvalue weighted by Crippen LogP contribution is 2.66. The van der Waals surface area contributed by atoms with E-state index in [4.69, 9.17) is 0 Å². The second-order valence-corrected chi connectivity index (χ2v) is 6.41. The molecule has 15 heavy (non-hydrogen) atoms. The molecule has 0 amide bonds. The van der Waals surface area contributed by atoms with Crippen molar-refractivity contribution < 1.29 is 0 Å². The van der Waals surface area contributed by atoms with Gasteiger partial charge in [-0.25, -0.2) is 0 Å². The molecule has 0 saturated heterocycles. The van der Waals surface area contributed by atoms with E-state index >= 15 is 0 Å². The molecule has 2 aliphatic carbocycles. The SMILES string of the molecule is CCN(C)CC1CC2CC2(C)C(C)C1C. The maximum Gasteiger partial charge on any atom is 0.000925 e. The lowest BCUT2D eigenvalue weighted by Crippen LogP contribution is -2.37. The minimum Gasteiger partial charge on any atom is -0.306 e. The molecular formula is C14H27N. The molecule has 2 saturated carbocycles. The van der Waals surface area contributed by atoms with Gasteiger partial charge in [-0.15, -0.1) is 0 Å².